The number of anilines is 1. The van der Waals surface area contributed by atoms with Gasteiger partial charge >= 0.3 is 12.1 Å². The van der Waals surface area contributed by atoms with E-state index in [0.717, 1.165) is 0 Å². The van der Waals surface area contributed by atoms with Gasteiger partial charge in [-0.2, -0.15) is 0 Å². The van der Waals surface area contributed by atoms with Crippen molar-refractivity contribution in [3.63, 3.8) is 0 Å². The number of carbonyl (C=O) groups excluding carboxylic acids is 1. The first-order valence-electron chi connectivity index (χ1n) is 7.26. The maximum absolute atomic E-state index is 13.4. The summed E-state index contributed by atoms with van der Waals surface area (Å²) < 4.78 is 29.7. The Bertz CT molecular complexity index is 788. The quantitative estimate of drug-likeness (QED) is 0.763. The molecule has 2 aromatic rings. The third-order valence-corrected chi connectivity index (χ3v) is 3.89. The topological polar surface area (TPSA) is 68.8 Å². The average Bonchev–Trinajstić information content (AvgIpc) is 2.84. The number of ether oxygens (including phenoxy) is 3. The average molecular weight is 387 g/mol. The molecule has 9 heteroatoms. The SMILES string of the molecule is CCOC(=O)NC1(Nc2cccc(F)c2)Oc2cc(Cl)c(Cl)cc2O1. The Hall–Kier alpha value is -2.38. The zero-order valence-corrected chi connectivity index (χ0v) is 14.4. The Morgan fingerprint density at radius 3 is 2.40 bits per heavy atom. The van der Waals surface area contributed by atoms with Crippen molar-refractivity contribution in [1.82, 2.24) is 5.32 Å². The zero-order valence-electron chi connectivity index (χ0n) is 12.9. The number of halogens is 3. The Balaban J connectivity index is 1.92. The van der Waals surface area contributed by atoms with Crippen LogP contribution in [0.2, 0.25) is 10.0 Å². The summed E-state index contributed by atoms with van der Waals surface area (Å²) in [6.07, 6.45) is -0.795. The molecule has 0 unspecified atom stereocenters. The van der Waals surface area contributed by atoms with Crippen LogP contribution in [0.3, 0.4) is 0 Å². The van der Waals surface area contributed by atoms with Gasteiger partial charge in [-0.05, 0) is 25.1 Å². The van der Waals surface area contributed by atoms with Crippen LogP contribution in [-0.4, -0.2) is 18.7 Å². The number of alkyl carbamates (subject to hydrolysis) is 1. The summed E-state index contributed by atoms with van der Waals surface area (Å²) in [5, 5.41) is 5.71. The monoisotopic (exact) mass is 386 g/mol. The number of rotatable bonds is 4. The molecule has 1 aliphatic heterocycles. The molecular weight excluding hydrogens is 374 g/mol. The summed E-state index contributed by atoms with van der Waals surface area (Å²) in [5.41, 5.74) is 0.307. The van der Waals surface area contributed by atoms with Gasteiger partial charge < -0.3 is 14.2 Å². The van der Waals surface area contributed by atoms with Gasteiger partial charge in [-0.1, -0.05) is 29.3 Å². The van der Waals surface area contributed by atoms with E-state index >= 15 is 0 Å². The highest BCUT2D eigenvalue weighted by Crippen LogP contribution is 2.43. The molecule has 1 aliphatic rings. The van der Waals surface area contributed by atoms with Gasteiger partial charge in [0.25, 0.3) is 0 Å². The fourth-order valence-electron chi connectivity index (χ4n) is 2.19. The summed E-state index contributed by atoms with van der Waals surface area (Å²) in [6, 6.07) is 6.60. The van der Waals surface area contributed by atoms with E-state index in [1.54, 1.807) is 13.0 Å². The minimum atomic E-state index is -1.85. The Morgan fingerprint density at radius 2 is 1.84 bits per heavy atom. The van der Waals surface area contributed by atoms with Gasteiger partial charge in [-0.15, -0.1) is 0 Å². The lowest BCUT2D eigenvalue weighted by molar-refractivity contribution is -0.0769. The van der Waals surface area contributed by atoms with Crippen LogP contribution in [-0.2, 0) is 4.74 Å². The second-order valence-corrected chi connectivity index (χ2v) is 5.83. The van der Waals surface area contributed by atoms with Gasteiger partial charge in [0.05, 0.1) is 16.7 Å². The highest BCUT2D eigenvalue weighted by atomic mass is 35.5. The van der Waals surface area contributed by atoms with Gasteiger partial charge in [0.15, 0.2) is 11.5 Å². The molecule has 3 rings (SSSR count). The standard InChI is InChI=1S/C16H13Cl2FN2O4/c1-2-23-15(22)21-16(20-10-5-3-4-9(19)6-10)24-13-7-11(17)12(18)8-14(13)25-16/h3-8,20H,2H2,1H3,(H,21,22). The van der Waals surface area contributed by atoms with Crippen LogP contribution in [0.4, 0.5) is 14.9 Å². The summed E-state index contributed by atoms with van der Waals surface area (Å²) >= 11 is 11.9. The van der Waals surface area contributed by atoms with Crippen LogP contribution >= 0.6 is 23.2 Å². The number of amides is 1. The molecule has 0 spiro atoms. The van der Waals surface area contributed by atoms with Crippen molar-refractivity contribution in [2.45, 2.75) is 13.0 Å². The second-order valence-electron chi connectivity index (χ2n) is 5.01. The van der Waals surface area contributed by atoms with E-state index in [-0.39, 0.29) is 28.2 Å². The minimum absolute atomic E-state index is 0.145. The van der Waals surface area contributed by atoms with E-state index in [0.29, 0.717) is 5.69 Å². The molecule has 0 aliphatic carbocycles. The Morgan fingerprint density at radius 1 is 1.20 bits per heavy atom. The number of fused-ring (bicyclic) bond motifs is 1. The molecule has 0 saturated heterocycles. The summed E-state index contributed by atoms with van der Waals surface area (Å²) in [7, 11) is 0. The van der Waals surface area contributed by atoms with E-state index in [4.69, 9.17) is 37.4 Å². The van der Waals surface area contributed by atoms with Crippen molar-refractivity contribution >= 4 is 35.0 Å². The molecule has 0 atom stereocenters. The number of hydrogen-bond donors (Lipinski definition) is 2. The predicted octanol–water partition coefficient (Wildman–Crippen LogP) is 4.37. The molecule has 0 bridgehead atoms. The molecule has 25 heavy (non-hydrogen) atoms. The summed E-state index contributed by atoms with van der Waals surface area (Å²) in [4.78, 5) is 11.9. The number of nitrogens with one attached hydrogen (secondary N) is 2. The number of benzene rings is 2. The van der Waals surface area contributed by atoms with E-state index in [9.17, 15) is 9.18 Å². The van der Waals surface area contributed by atoms with E-state index in [1.807, 2.05) is 0 Å². The van der Waals surface area contributed by atoms with Crippen LogP contribution < -0.4 is 20.1 Å². The van der Waals surface area contributed by atoms with E-state index < -0.39 is 17.9 Å². The molecule has 2 N–H and O–H groups in total. The lowest BCUT2D eigenvalue weighted by atomic mass is 10.3. The molecule has 0 radical (unpaired) electrons. The molecule has 6 nitrogen and oxygen atoms in total. The van der Waals surface area contributed by atoms with Gasteiger partial charge in [0, 0.05) is 17.8 Å². The smallest absolute Gasteiger partial charge is 0.435 e. The third kappa shape index (κ3) is 3.83. The minimum Gasteiger partial charge on any atom is -0.450 e. The normalized spacial score (nSPS) is 14.1. The van der Waals surface area contributed by atoms with Crippen LogP contribution in [0.5, 0.6) is 11.5 Å². The number of hydrogen-bond acceptors (Lipinski definition) is 5. The van der Waals surface area contributed by atoms with Crippen LogP contribution in [0.1, 0.15) is 6.92 Å². The summed E-state index contributed by atoms with van der Waals surface area (Å²) in [6.45, 7) is 1.80. The summed E-state index contributed by atoms with van der Waals surface area (Å²) in [5.74, 6) is 0.0167. The lowest BCUT2D eigenvalue weighted by Crippen LogP contribution is -2.61. The molecule has 1 heterocycles. The van der Waals surface area contributed by atoms with Crippen molar-refractivity contribution < 1.29 is 23.4 Å². The first kappa shape index (κ1) is 17.4. The van der Waals surface area contributed by atoms with Crippen LogP contribution in [0.15, 0.2) is 36.4 Å². The Labute approximate surface area is 152 Å². The maximum Gasteiger partial charge on any atom is 0.435 e. The molecule has 2 aromatic carbocycles. The zero-order chi connectivity index (χ0) is 18.0. The highest BCUT2D eigenvalue weighted by molar-refractivity contribution is 6.42. The van der Waals surface area contributed by atoms with Gasteiger partial charge in [0.2, 0.25) is 0 Å². The van der Waals surface area contributed by atoms with E-state index in [2.05, 4.69) is 10.6 Å². The van der Waals surface area contributed by atoms with Crippen molar-refractivity contribution in [2.24, 2.45) is 0 Å². The van der Waals surface area contributed by atoms with Crippen molar-refractivity contribution in [3.05, 3.63) is 52.3 Å². The lowest BCUT2D eigenvalue weighted by Gasteiger charge is -2.28. The van der Waals surface area contributed by atoms with Gasteiger partial charge in [-0.25, -0.2) is 14.5 Å². The van der Waals surface area contributed by atoms with Crippen LogP contribution in [0, 0.1) is 5.82 Å². The molecule has 132 valence electrons. The van der Waals surface area contributed by atoms with E-state index in [1.165, 1.54) is 30.3 Å². The molecule has 0 saturated carbocycles. The van der Waals surface area contributed by atoms with Crippen LogP contribution in [0.25, 0.3) is 0 Å². The predicted molar refractivity (Wildman–Crippen MR) is 90.6 cm³/mol. The molecule has 0 aromatic heterocycles. The van der Waals surface area contributed by atoms with Crippen molar-refractivity contribution in [2.75, 3.05) is 11.9 Å². The van der Waals surface area contributed by atoms with Gasteiger partial charge in [-0.3, -0.25) is 5.32 Å². The maximum atomic E-state index is 13.4. The fourth-order valence-corrected chi connectivity index (χ4v) is 2.50. The Kier molecular flexibility index (Phi) is 4.78. The first-order valence-corrected chi connectivity index (χ1v) is 8.02. The van der Waals surface area contributed by atoms with Crippen molar-refractivity contribution in [3.8, 4) is 11.5 Å². The third-order valence-electron chi connectivity index (χ3n) is 3.17. The molecular formula is C16H13Cl2FN2O4. The first-order chi connectivity index (χ1) is 11.9. The molecule has 0 fully saturated rings. The van der Waals surface area contributed by atoms with Gasteiger partial charge in [0.1, 0.15) is 5.82 Å². The largest absolute Gasteiger partial charge is 0.450 e. The second kappa shape index (κ2) is 6.85. The fraction of sp³-hybridized carbons (Fsp3) is 0.188. The molecule has 1 amide bonds. The van der Waals surface area contributed by atoms with Crippen molar-refractivity contribution in [1.29, 1.82) is 0 Å². The number of carbonyl (C=O) groups is 1. The highest BCUT2D eigenvalue weighted by Gasteiger charge is 2.45.